The lowest BCUT2D eigenvalue weighted by Crippen LogP contribution is -2.09. The van der Waals surface area contributed by atoms with Crippen molar-refractivity contribution >= 4 is 60.6 Å². The number of nitrogen functional groups attached to an aromatic ring is 1. The number of nitrogens with two attached hydrogens (primary N) is 1. The highest BCUT2D eigenvalue weighted by atomic mass is 79.9. The highest BCUT2D eigenvalue weighted by molar-refractivity contribution is 9.11. The third kappa shape index (κ3) is 3.29. The van der Waals surface area contributed by atoms with Crippen LogP contribution in [-0.2, 0) is 0 Å². The van der Waals surface area contributed by atoms with Crippen molar-refractivity contribution in [2.75, 3.05) is 17.5 Å². The van der Waals surface area contributed by atoms with E-state index in [0.29, 0.717) is 0 Å². The Morgan fingerprint density at radius 2 is 2.23 bits per heavy atom. The zero-order valence-electron chi connectivity index (χ0n) is 15.8. The van der Waals surface area contributed by atoms with Gasteiger partial charge in [-0.15, -0.1) is 0 Å². The molecular formula is C15H12Br2ClFN2O. The molecule has 22 heavy (non-hydrogen) atoms. The van der Waals surface area contributed by atoms with Gasteiger partial charge in [0.15, 0.2) is 5.78 Å². The van der Waals surface area contributed by atoms with Gasteiger partial charge < -0.3 is 11.1 Å². The van der Waals surface area contributed by atoms with Crippen LogP contribution in [-0.4, -0.2) is 12.3 Å². The summed E-state index contributed by atoms with van der Waals surface area (Å²) in [4.78, 5) is 12.8. The van der Waals surface area contributed by atoms with Gasteiger partial charge in [-0.1, -0.05) is 11.6 Å². The Hall–Kier alpha value is -1.11. The minimum atomic E-state index is -2.96. The lowest BCUT2D eigenvalue weighted by Gasteiger charge is -2.15. The molecule has 0 aliphatic heterocycles. The third-order valence-corrected chi connectivity index (χ3v) is 4.63. The molecular weight excluding hydrogens is 438 g/mol. The standard InChI is InChI=1S/C15H12Br2ClFN2O/c1-2-21-11-6-9(16)12(13(17)14(11)20)15(22)8-5-7(19)3-4-10(8)18/h3-6,21H,2,20H2,1H3/i1D3,2D2. The van der Waals surface area contributed by atoms with Crippen molar-refractivity contribution in [3.63, 3.8) is 0 Å². The molecule has 0 aromatic heterocycles. The monoisotopic (exact) mass is 453 g/mol. The van der Waals surface area contributed by atoms with E-state index in [9.17, 15) is 9.18 Å². The zero-order chi connectivity index (χ0) is 20.7. The van der Waals surface area contributed by atoms with Crippen molar-refractivity contribution in [3.8, 4) is 0 Å². The molecule has 3 nitrogen and oxygen atoms in total. The number of halogens is 4. The predicted octanol–water partition coefficient (Wildman–Crippen LogP) is 5.25. The second-order valence-corrected chi connectivity index (χ2v) is 6.27. The summed E-state index contributed by atoms with van der Waals surface area (Å²) < 4.78 is 50.8. The molecule has 0 spiro atoms. The summed E-state index contributed by atoms with van der Waals surface area (Å²) >= 11 is 12.3. The molecule has 3 N–H and O–H groups in total. The second kappa shape index (κ2) is 6.98. The molecule has 2 aromatic rings. The van der Waals surface area contributed by atoms with Crippen molar-refractivity contribution in [2.24, 2.45) is 0 Å². The highest BCUT2D eigenvalue weighted by Gasteiger charge is 2.22. The molecule has 2 aromatic carbocycles. The molecule has 0 atom stereocenters. The lowest BCUT2D eigenvalue weighted by atomic mass is 10.0. The van der Waals surface area contributed by atoms with E-state index in [4.69, 9.17) is 24.2 Å². The van der Waals surface area contributed by atoms with E-state index in [-0.39, 0.29) is 36.5 Å². The molecule has 0 aliphatic rings. The fourth-order valence-corrected chi connectivity index (χ4v) is 3.50. The molecule has 0 unspecified atom stereocenters. The molecule has 7 heteroatoms. The maximum Gasteiger partial charge on any atom is 0.196 e. The van der Waals surface area contributed by atoms with Crippen molar-refractivity contribution in [3.05, 3.63) is 55.2 Å². The molecule has 0 amide bonds. The van der Waals surface area contributed by atoms with Crippen LogP contribution in [0.1, 0.15) is 29.6 Å². The van der Waals surface area contributed by atoms with Gasteiger partial charge >= 0.3 is 0 Å². The number of hydrogen-bond donors (Lipinski definition) is 2. The van der Waals surface area contributed by atoms with Gasteiger partial charge in [0, 0.05) is 23.4 Å². The average molecular weight is 456 g/mol. The van der Waals surface area contributed by atoms with Crippen LogP contribution >= 0.6 is 43.5 Å². The normalized spacial score (nSPS) is 15.2. The first kappa shape index (κ1) is 11.4. The Morgan fingerprint density at radius 1 is 1.50 bits per heavy atom. The molecule has 0 saturated heterocycles. The number of nitrogens with one attached hydrogen (secondary N) is 1. The third-order valence-electron chi connectivity index (χ3n) is 2.85. The number of benzene rings is 2. The molecule has 116 valence electrons. The molecule has 0 fully saturated rings. The maximum absolute atomic E-state index is 13.5. The molecule has 0 saturated carbocycles. The second-order valence-electron chi connectivity index (χ2n) is 4.21. The fourth-order valence-electron chi connectivity index (χ4n) is 1.82. The SMILES string of the molecule is [2H]C([2H])([2H])C([2H])([2H])Nc1cc(Br)c(C(=O)c2cc(F)ccc2Cl)c(Br)c1N. The molecule has 0 aliphatic carbocycles. The van der Waals surface area contributed by atoms with Crippen molar-refractivity contribution in [2.45, 2.75) is 6.85 Å². The summed E-state index contributed by atoms with van der Waals surface area (Å²) in [7, 11) is 0. The topological polar surface area (TPSA) is 55.1 Å². The van der Waals surface area contributed by atoms with Gasteiger partial charge in [-0.25, -0.2) is 4.39 Å². The van der Waals surface area contributed by atoms with E-state index in [0.717, 1.165) is 12.1 Å². The average Bonchev–Trinajstić information content (AvgIpc) is 2.53. The minimum absolute atomic E-state index is 0.0278. The van der Waals surface area contributed by atoms with E-state index < -0.39 is 24.9 Å². The summed E-state index contributed by atoms with van der Waals surface area (Å²) in [6.45, 7) is -5.72. The van der Waals surface area contributed by atoms with Gasteiger partial charge in [-0.3, -0.25) is 4.79 Å². The van der Waals surface area contributed by atoms with Crippen LogP contribution in [0.5, 0.6) is 0 Å². The fraction of sp³-hybridized carbons (Fsp3) is 0.133. The van der Waals surface area contributed by atoms with Crippen LogP contribution in [0, 0.1) is 5.82 Å². The van der Waals surface area contributed by atoms with Crippen LogP contribution in [0.2, 0.25) is 5.02 Å². The van der Waals surface area contributed by atoms with Crippen LogP contribution in [0.4, 0.5) is 15.8 Å². The number of anilines is 2. The van der Waals surface area contributed by atoms with Crippen LogP contribution < -0.4 is 11.1 Å². The summed E-state index contributed by atoms with van der Waals surface area (Å²) in [6, 6.07) is 4.61. The largest absolute Gasteiger partial charge is 0.396 e. The van der Waals surface area contributed by atoms with Gasteiger partial charge in [0.1, 0.15) is 5.82 Å². The van der Waals surface area contributed by atoms with Crippen molar-refractivity contribution in [1.29, 1.82) is 0 Å². The minimum Gasteiger partial charge on any atom is -0.396 e. The first-order valence-electron chi connectivity index (χ1n) is 8.31. The Bertz CT molecular complexity index is 924. The van der Waals surface area contributed by atoms with Crippen LogP contribution in [0.15, 0.2) is 33.2 Å². The van der Waals surface area contributed by atoms with E-state index in [2.05, 4.69) is 37.2 Å². The molecule has 0 radical (unpaired) electrons. The number of rotatable bonds is 4. The van der Waals surface area contributed by atoms with E-state index in [1.165, 1.54) is 12.1 Å². The number of hydrogen-bond acceptors (Lipinski definition) is 3. The van der Waals surface area contributed by atoms with Crippen LogP contribution in [0.25, 0.3) is 0 Å². The van der Waals surface area contributed by atoms with Gasteiger partial charge in [0.05, 0.1) is 26.4 Å². The smallest absolute Gasteiger partial charge is 0.196 e. The lowest BCUT2D eigenvalue weighted by molar-refractivity contribution is 0.103. The summed E-state index contributed by atoms with van der Waals surface area (Å²) in [5.41, 5.74) is 5.75. The van der Waals surface area contributed by atoms with Gasteiger partial charge in [0.25, 0.3) is 0 Å². The number of carbonyl (C=O) groups excluding carboxylic acids is 1. The van der Waals surface area contributed by atoms with Crippen molar-refractivity contribution < 1.29 is 16.0 Å². The van der Waals surface area contributed by atoms with Crippen LogP contribution in [0.3, 0.4) is 0 Å². The molecule has 0 heterocycles. The van der Waals surface area contributed by atoms with Gasteiger partial charge in [-0.05, 0) is 63.0 Å². The zero-order valence-corrected chi connectivity index (χ0v) is 14.7. The van der Waals surface area contributed by atoms with E-state index in [1.54, 1.807) is 0 Å². The highest BCUT2D eigenvalue weighted by Crippen LogP contribution is 2.38. The summed E-state index contributed by atoms with van der Waals surface area (Å²) in [5.74, 6) is -1.28. The first-order valence-corrected chi connectivity index (χ1v) is 7.78. The Labute approximate surface area is 156 Å². The van der Waals surface area contributed by atoms with Gasteiger partial charge in [-0.2, -0.15) is 0 Å². The Balaban J connectivity index is 2.55. The maximum atomic E-state index is 13.5. The summed E-state index contributed by atoms with van der Waals surface area (Å²) in [5, 5.41) is 2.26. The Kier molecular flexibility index (Phi) is 3.63. The van der Waals surface area contributed by atoms with E-state index in [1.807, 2.05) is 0 Å². The van der Waals surface area contributed by atoms with E-state index >= 15 is 0 Å². The molecule has 2 rings (SSSR count). The summed E-state index contributed by atoms with van der Waals surface area (Å²) in [6.07, 6.45) is 0. The quantitative estimate of drug-likeness (QED) is 0.489. The Morgan fingerprint density at radius 3 is 2.91 bits per heavy atom. The molecule has 0 bridgehead atoms. The van der Waals surface area contributed by atoms with Crippen molar-refractivity contribution in [1.82, 2.24) is 0 Å². The first-order chi connectivity index (χ1) is 12.3. The predicted molar refractivity (Wildman–Crippen MR) is 95.3 cm³/mol. The number of carbonyl (C=O) groups is 1. The number of ketones is 1. The van der Waals surface area contributed by atoms with Gasteiger partial charge in [0.2, 0.25) is 0 Å².